The Bertz CT molecular complexity index is 360. The van der Waals surface area contributed by atoms with E-state index in [0.717, 1.165) is 5.69 Å². The summed E-state index contributed by atoms with van der Waals surface area (Å²) in [5, 5.41) is 2.87. The van der Waals surface area contributed by atoms with Crippen LogP contribution in [0.2, 0.25) is 0 Å². The monoisotopic (exact) mass is 236 g/mol. The maximum atomic E-state index is 11.8. The minimum absolute atomic E-state index is 0.0148. The molecule has 0 aliphatic rings. The Balaban J connectivity index is 2.63. The van der Waals surface area contributed by atoms with Crippen LogP contribution in [-0.4, -0.2) is 39.8 Å². The van der Waals surface area contributed by atoms with E-state index in [0.29, 0.717) is 12.2 Å². The summed E-state index contributed by atoms with van der Waals surface area (Å²) >= 11 is 0. The molecule has 0 saturated heterocycles. The van der Waals surface area contributed by atoms with E-state index in [2.05, 4.69) is 5.32 Å². The summed E-state index contributed by atoms with van der Waals surface area (Å²) in [7, 11) is 5.56. The molecule has 0 aliphatic carbocycles. The highest BCUT2D eigenvalue weighted by Crippen LogP contribution is 2.12. The minimum Gasteiger partial charge on any atom is -0.383 e. The largest absolute Gasteiger partial charge is 0.383 e. The molecule has 1 aromatic rings. The molecular weight excluding hydrogens is 216 g/mol. The summed E-state index contributed by atoms with van der Waals surface area (Å²) in [6, 6.07) is 7.52. The number of hydrogen-bond donors (Lipinski definition) is 1. The lowest BCUT2D eigenvalue weighted by atomic mass is 10.2. The first-order valence-corrected chi connectivity index (χ1v) is 5.61. The third kappa shape index (κ3) is 4.07. The van der Waals surface area contributed by atoms with Crippen molar-refractivity contribution in [1.29, 1.82) is 0 Å². The summed E-state index contributed by atoms with van der Waals surface area (Å²) in [4.78, 5) is 13.8. The number of benzene rings is 1. The number of hydrogen-bond acceptors (Lipinski definition) is 3. The molecule has 0 aliphatic heterocycles. The van der Waals surface area contributed by atoms with Gasteiger partial charge in [-0.3, -0.25) is 4.79 Å². The van der Waals surface area contributed by atoms with Crippen molar-refractivity contribution in [3.8, 4) is 0 Å². The number of nitrogens with zero attached hydrogens (tertiary/aromatic N) is 1. The molecule has 0 unspecified atom stereocenters. The highest BCUT2D eigenvalue weighted by Gasteiger charge is 2.09. The smallest absolute Gasteiger partial charge is 0.251 e. The van der Waals surface area contributed by atoms with Crippen LogP contribution in [0.4, 0.5) is 5.69 Å². The molecule has 1 N–H and O–H groups in total. The van der Waals surface area contributed by atoms with Gasteiger partial charge >= 0.3 is 0 Å². The highest BCUT2D eigenvalue weighted by atomic mass is 16.5. The first-order valence-electron chi connectivity index (χ1n) is 5.61. The molecule has 1 amide bonds. The molecule has 4 nitrogen and oxygen atoms in total. The van der Waals surface area contributed by atoms with Crippen LogP contribution in [0, 0.1) is 0 Å². The van der Waals surface area contributed by atoms with Crippen molar-refractivity contribution >= 4 is 11.6 Å². The van der Waals surface area contributed by atoms with Gasteiger partial charge < -0.3 is 15.0 Å². The Morgan fingerprint density at radius 2 is 1.94 bits per heavy atom. The summed E-state index contributed by atoms with van der Waals surface area (Å²) in [6.45, 7) is 2.43. The molecule has 0 spiro atoms. The van der Waals surface area contributed by atoms with Crippen LogP contribution in [0.5, 0.6) is 0 Å². The van der Waals surface area contributed by atoms with Gasteiger partial charge in [-0.15, -0.1) is 0 Å². The number of carbonyl (C=O) groups is 1. The van der Waals surface area contributed by atoms with Gasteiger partial charge in [-0.25, -0.2) is 0 Å². The topological polar surface area (TPSA) is 41.6 Å². The average Bonchev–Trinajstić information content (AvgIpc) is 2.29. The summed E-state index contributed by atoms with van der Waals surface area (Å²) in [6.07, 6.45) is 0. The van der Waals surface area contributed by atoms with Gasteiger partial charge in [0.2, 0.25) is 0 Å². The molecule has 94 valence electrons. The van der Waals surface area contributed by atoms with Crippen LogP contribution in [0.3, 0.4) is 0 Å². The van der Waals surface area contributed by atoms with Crippen molar-refractivity contribution in [3.63, 3.8) is 0 Å². The zero-order valence-corrected chi connectivity index (χ0v) is 10.9. The Hall–Kier alpha value is -1.55. The Morgan fingerprint density at radius 1 is 1.35 bits per heavy atom. The number of amides is 1. The summed E-state index contributed by atoms with van der Waals surface area (Å²) in [5.74, 6) is -0.0696. The predicted molar refractivity (Wildman–Crippen MR) is 69.6 cm³/mol. The quantitative estimate of drug-likeness (QED) is 0.842. The molecule has 0 saturated carbocycles. The molecule has 17 heavy (non-hydrogen) atoms. The molecule has 0 bridgehead atoms. The molecule has 0 fully saturated rings. The van der Waals surface area contributed by atoms with Gasteiger partial charge in [-0.1, -0.05) is 0 Å². The van der Waals surface area contributed by atoms with Crippen LogP contribution in [-0.2, 0) is 4.74 Å². The van der Waals surface area contributed by atoms with Crippen molar-refractivity contribution in [2.24, 2.45) is 0 Å². The number of methoxy groups -OCH3 is 1. The van der Waals surface area contributed by atoms with Crippen molar-refractivity contribution in [1.82, 2.24) is 5.32 Å². The SMILES string of the molecule is COC[C@@H](C)NC(=O)c1ccc(N(C)C)cc1. The molecule has 1 rings (SSSR count). The predicted octanol–water partition coefficient (Wildman–Crippen LogP) is 1.52. The van der Waals surface area contributed by atoms with E-state index in [1.165, 1.54) is 0 Å². The summed E-state index contributed by atoms with van der Waals surface area (Å²) in [5.41, 5.74) is 1.74. The zero-order valence-electron chi connectivity index (χ0n) is 10.9. The second-order valence-corrected chi connectivity index (χ2v) is 4.27. The van der Waals surface area contributed by atoms with E-state index in [1.807, 2.05) is 50.2 Å². The average molecular weight is 236 g/mol. The van der Waals surface area contributed by atoms with Crippen LogP contribution in [0.1, 0.15) is 17.3 Å². The number of ether oxygens (including phenoxy) is 1. The van der Waals surface area contributed by atoms with Crippen LogP contribution >= 0.6 is 0 Å². The van der Waals surface area contributed by atoms with Crippen LogP contribution < -0.4 is 10.2 Å². The van der Waals surface area contributed by atoms with E-state index < -0.39 is 0 Å². The van der Waals surface area contributed by atoms with Gasteiger partial charge in [-0.05, 0) is 31.2 Å². The van der Waals surface area contributed by atoms with Gasteiger partial charge in [0.05, 0.1) is 6.61 Å². The fourth-order valence-corrected chi connectivity index (χ4v) is 1.51. The lowest BCUT2D eigenvalue weighted by molar-refractivity contribution is 0.0905. The minimum atomic E-state index is -0.0696. The number of anilines is 1. The third-order valence-corrected chi connectivity index (χ3v) is 2.44. The molecule has 1 aromatic carbocycles. The fraction of sp³-hybridized carbons (Fsp3) is 0.462. The molecule has 0 aromatic heterocycles. The normalized spacial score (nSPS) is 12.0. The summed E-state index contributed by atoms with van der Waals surface area (Å²) < 4.78 is 4.97. The van der Waals surface area contributed by atoms with Crippen molar-refractivity contribution < 1.29 is 9.53 Å². The Labute approximate surface area is 103 Å². The van der Waals surface area contributed by atoms with Gasteiger partial charge in [0.1, 0.15) is 0 Å². The maximum absolute atomic E-state index is 11.8. The van der Waals surface area contributed by atoms with Gasteiger partial charge in [-0.2, -0.15) is 0 Å². The molecular formula is C13H20N2O2. The number of nitrogens with one attached hydrogen (secondary N) is 1. The Kier molecular flexibility index (Phi) is 4.97. The van der Waals surface area contributed by atoms with Gasteiger partial charge in [0.25, 0.3) is 5.91 Å². The lowest BCUT2D eigenvalue weighted by Crippen LogP contribution is -2.35. The van der Waals surface area contributed by atoms with Crippen molar-refractivity contribution in [3.05, 3.63) is 29.8 Å². The van der Waals surface area contributed by atoms with E-state index in [1.54, 1.807) is 7.11 Å². The first kappa shape index (κ1) is 13.5. The van der Waals surface area contributed by atoms with E-state index in [9.17, 15) is 4.79 Å². The Morgan fingerprint density at radius 3 is 2.41 bits per heavy atom. The fourth-order valence-electron chi connectivity index (χ4n) is 1.51. The molecule has 0 radical (unpaired) electrons. The number of carbonyl (C=O) groups excluding carboxylic acids is 1. The molecule has 4 heteroatoms. The molecule has 1 atom stereocenters. The second kappa shape index (κ2) is 6.25. The van der Waals surface area contributed by atoms with Gasteiger partial charge in [0.15, 0.2) is 0 Å². The number of rotatable bonds is 5. The zero-order chi connectivity index (χ0) is 12.8. The highest BCUT2D eigenvalue weighted by molar-refractivity contribution is 5.94. The lowest BCUT2D eigenvalue weighted by Gasteiger charge is -2.14. The van der Waals surface area contributed by atoms with E-state index >= 15 is 0 Å². The third-order valence-electron chi connectivity index (χ3n) is 2.44. The van der Waals surface area contributed by atoms with Crippen molar-refractivity contribution in [2.45, 2.75) is 13.0 Å². The first-order chi connectivity index (χ1) is 8.04. The van der Waals surface area contributed by atoms with Crippen LogP contribution in [0.25, 0.3) is 0 Å². The van der Waals surface area contributed by atoms with E-state index in [4.69, 9.17) is 4.74 Å². The van der Waals surface area contributed by atoms with Crippen molar-refractivity contribution in [2.75, 3.05) is 32.7 Å². The molecule has 0 heterocycles. The van der Waals surface area contributed by atoms with Crippen LogP contribution in [0.15, 0.2) is 24.3 Å². The maximum Gasteiger partial charge on any atom is 0.251 e. The second-order valence-electron chi connectivity index (χ2n) is 4.27. The van der Waals surface area contributed by atoms with Gasteiger partial charge in [0, 0.05) is 38.5 Å². The standard InChI is InChI=1S/C13H20N2O2/c1-10(9-17-4)14-13(16)11-5-7-12(8-6-11)15(2)3/h5-8,10H,9H2,1-4H3,(H,14,16)/t10-/m1/s1. The van der Waals surface area contributed by atoms with E-state index in [-0.39, 0.29) is 11.9 Å².